The molecule has 7 heteroatoms. The van der Waals surface area contributed by atoms with Crippen LogP contribution in [-0.4, -0.2) is 54.5 Å². The first-order valence-electron chi connectivity index (χ1n) is 9.20. The second-order valence-corrected chi connectivity index (χ2v) is 7.44. The topological polar surface area (TPSA) is 35.6 Å². The van der Waals surface area contributed by atoms with Crippen molar-refractivity contribution in [2.24, 2.45) is 0 Å². The maximum absolute atomic E-state index is 13.1. The van der Waals surface area contributed by atoms with Gasteiger partial charge < -0.3 is 10.2 Å². The molecule has 0 radical (unpaired) electrons. The summed E-state index contributed by atoms with van der Waals surface area (Å²) in [6.45, 7) is 2.22. The van der Waals surface area contributed by atoms with Crippen LogP contribution in [0.2, 0.25) is 0 Å². The van der Waals surface area contributed by atoms with Crippen molar-refractivity contribution in [3.63, 3.8) is 0 Å². The van der Waals surface area contributed by atoms with E-state index in [9.17, 15) is 18.0 Å². The second-order valence-electron chi connectivity index (χ2n) is 7.44. The summed E-state index contributed by atoms with van der Waals surface area (Å²) in [5.74, 6) is -0.123. The number of carbonyl (C=O) groups excluding carboxylic acids is 1. The number of alkyl halides is 3. The fourth-order valence-corrected chi connectivity index (χ4v) is 3.65. The lowest BCUT2D eigenvalue weighted by atomic mass is 10.0. The molecule has 1 aliphatic heterocycles. The monoisotopic (exact) mass is 369 g/mol. The number of halogens is 3. The Hall–Kier alpha value is -1.60. The standard InChI is InChI=1S/C19H26F3N3O/c1-24(12-14-4-2-3-5-17(14)19(20,21)22)13-18(26)23-15-8-10-25(11-9-15)16-6-7-16/h2-5,15-16H,6-13H2,1H3,(H,23,26). The lowest BCUT2D eigenvalue weighted by Crippen LogP contribution is -2.47. The van der Waals surface area contributed by atoms with Gasteiger partial charge in [-0.2, -0.15) is 13.2 Å². The molecule has 144 valence electrons. The van der Waals surface area contributed by atoms with Crippen molar-refractivity contribution in [2.45, 2.75) is 50.5 Å². The molecule has 3 rings (SSSR count). The number of hydrogen-bond donors (Lipinski definition) is 1. The number of nitrogens with one attached hydrogen (secondary N) is 1. The van der Waals surface area contributed by atoms with Crippen LogP contribution in [0.25, 0.3) is 0 Å². The van der Waals surface area contributed by atoms with Crippen LogP contribution in [0.1, 0.15) is 36.8 Å². The maximum Gasteiger partial charge on any atom is 0.416 e. The SMILES string of the molecule is CN(CC(=O)NC1CCN(C2CC2)CC1)Cc1ccccc1C(F)(F)F. The molecule has 26 heavy (non-hydrogen) atoms. The lowest BCUT2D eigenvalue weighted by molar-refractivity contribution is -0.138. The van der Waals surface area contributed by atoms with E-state index in [2.05, 4.69) is 10.2 Å². The summed E-state index contributed by atoms with van der Waals surface area (Å²) in [6.07, 6.45) is 0.101. The Bertz CT molecular complexity index is 623. The molecule has 1 N–H and O–H groups in total. The van der Waals surface area contributed by atoms with Crippen molar-refractivity contribution in [3.05, 3.63) is 35.4 Å². The van der Waals surface area contributed by atoms with E-state index < -0.39 is 11.7 Å². The first-order chi connectivity index (χ1) is 12.3. The van der Waals surface area contributed by atoms with E-state index in [1.165, 1.54) is 25.0 Å². The van der Waals surface area contributed by atoms with Gasteiger partial charge >= 0.3 is 6.18 Å². The third-order valence-corrected chi connectivity index (χ3v) is 5.13. The molecule has 1 saturated carbocycles. The van der Waals surface area contributed by atoms with Crippen molar-refractivity contribution in [1.29, 1.82) is 0 Å². The number of carbonyl (C=O) groups is 1. The van der Waals surface area contributed by atoms with Crippen molar-refractivity contribution < 1.29 is 18.0 Å². The Kier molecular flexibility index (Phi) is 5.87. The van der Waals surface area contributed by atoms with Gasteiger partial charge in [-0.15, -0.1) is 0 Å². The van der Waals surface area contributed by atoms with Gasteiger partial charge in [0, 0.05) is 31.7 Å². The molecule has 0 spiro atoms. The first-order valence-corrected chi connectivity index (χ1v) is 9.20. The third kappa shape index (κ3) is 5.20. The van der Waals surface area contributed by atoms with E-state index in [0.29, 0.717) is 0 Å². The maximum atomic E-state index is 13.1. The van der Waals surface area contributed by atoms with Crippen LogP contribution >= 0.6 is 0 Å². The minimum absolute atomic E-state index is 0.0865. The van der Waals surface area contributed by atoms with Crippen molar-refractivity contribution in [2.75, 3.05) is 26.7 Å². The second kappa shape index (κ2) is 7.96. The van der Waals surface area contributed by atoms with Crippen LogP contribution in [0.15, 0.2) is 24.3 Å². The zero-order valence-electron chi connectivity index (χ0n) is 15.1. The number of rotatable bonds is 6. The van der Waals surface area contributed by atoms with E-state index in [4.69, 9.17) is 0 Å². The molecule has 0 atom stereocenters. The van der Waals surface area contributed by atoms with Crippen LogP contribution in [0, 0.1) is 0 Å². The Balaban J connectivity index is 1.46. The van der Waals surface area contributed by atoms with Gasteiger partial charge in [0.1, 0.15) is 0 Å². The number of likely N-dealkylation sites (N-methyl/N-ethyl adjacent to an activating group) is 1. The molecular weight excluding hydrogens is 343 g/mol. The van der Waals surface area contributed by atoms with Crippen LogP contribution in [0.3, 0.4) is 0 Å². The fourth-order valence-electron chi connectivity index (χ4n) is 3.65. The number of nitrogens with zero attached hydrogens (tertiary/aromatic N) is 2. The average Bonchev–Trinajstić information content (AvgIpc) is 3.39. The molecule has 0 unspecified atom stereocenters. The number of amides is 1. The van der Waals surface area contributed by atoms with Crippen LogP contribution in [0.4, 0.5) is 13.2 Å². The largest absolute Gasteiger partial charge is 0.416 e. The average molecular weight is 369 g/mol. The van der Waals surface area contributed by atoms with Gasteiger partial charge in [-0.05, 0) is 44.4 Å². The number of benzene rings is 1. The third-order valence-electron chi connectivity index (χ3n) is 5.13. The minimum Gasteiger partial charge on any atom is -0.352 e. The zero-order chi connectivity index (χ0) is 18.7. The van der Waals surface area contributed by atoms with Crippen molar-refractivity contribution >= 4 is 5.91 Å². The van der Waals surface area contributed by atoms with Gasteiger partial charge in [-0.3, -0.25) is 9.69 Å². The predicted molar refractivity (Wildman–Crippen MR) is 93.5 cm³/mol. The molecule has 1 aliphatic carbocycles. The highest BCUT2D eigenvalue weighted by molar-refractivity contribution is 5.78. The molecule has 1 saturated heterocycles. The highest BCUT2D eigenvalue weighted by Gasteiger charge is 2.33. The number of likely N-dealkylation sites (tertiary alicyclic amines) is 1. The van der Waals surface area contributed by atoms with E-state index in [0.717, 1.165) is 38.0 Å². The summed E-state index contributed by atoms with van der Waals surface area (Å²) in [5.41, 5.74) is -0.451. The van der Waals surface area contributed by atoms with Gasteiger partial charge in [0.15, 0.2) is 0 Å². The van der Waals surface area contributed by atoms with E-state index >= 15 is 0 Å². The normalized spacial score (nSPS) is 19.7. The molecule has 0 aromatic heterocycles. The van der Waals surface area contributed by atoms with Gasteiger partial charge in [-0.25, -0.2) is 0 Å². The molecule has 2 fully saturated rings. The summed E-state index contributed by atoms with van der Waals surface area (Å²) in [6, 6.07) is 6.45. The molecule has 1 heterocycles. The highest BCUT2D eigenvalue weighted by Crippen LogP contribution is 2.32. The number of hydrogen-bond acceptors (Lipinski definition) is 3. The lowest BCUT2D eigenvalue weighted by Gasteiger charge is -2.32. The van der Waals surface area contributed by atoms with Crippen LogP contribution in [0.5, 0.6) is 0 Å². The summed E-state index contributed by atoms with van der Waals surface area (Å²) in [5, 5.41) is 3.03. The Morgan fingerprint density at radius 3 is 2.46 bits per heavy atom. The number of piperidine rings is 1. The van der Waals surface area contributed by atoms with Gasteiger partial charge in [0.25, 0.3) is 0 Å². The molecule has 1 aromatic rings. The van der Waals surface area contributed by atoms with E-state index in [-0.39, 0.29) is 30.6 Å². The summed E-state index contributed by atoms with van der Waals surface area (Å²) >= 11 is 0. The van der Waals surface area contributed by atoms with Crippen LogP contribution in [-0.2, 0) is 17.5 Å². The fraction of sp³-hybridized carbons (Fsp3) is 0.632. The Morgan fingerprint density at radius 1 is 1.19 bits per heavy atom. The first kappa shape index (κ1) is 19.2. The van der Waals surface area contributed by atoms with Crippen molar-refractivity contribution in [1.82, 2.24) is 15.1 Å². The van der Waals surface area contributed by atoms with Gasteiger partial charge in [0.2, 0.25) is 5.91 Å². The Labute approximate surface area is 152 Å². The van der Waals surface area contributed by atoms with Crippen LogP contribution < -0.4 is 5.32 Å². The van der Waals surface area contributed by atoms with Gasteiger partial charge in [-0.1, -0.05) is 18.2 Å². The molecule has 2 aliphatic rings. The molecular formula is C19H26F3N3O. The summed E-state index contributed by atoms with van der Waals surface area (Å²) < 4.78 is 39.2. The molecule has 1 aromatic carbocycles. The quantitative estimate of drug-likeness (QED) is 0.838. The minimum atomic E-state index is -4.38. The highest BCUT2D eigenvalue weighted by atomic mass is 19.4. The molecule has 4 nitrogen and oxygen atoms in total. The van der Waals surface area contributed by atoms with Crippen molar-refractivity contribution in [3.8, 4) is 0 Å². The smallest absolute Gasteiger partial charge is 0.352 e. The van der Waals surface area contributed by atoms with E-state index in [1.807, 2.05) is 0 Å². The zero-order valence-corrected chi connectivity index (χ0v) is 15.1. The van der Waals surface area contributed by atoms with Gasteiger partial charge in [0.05, 0.1) is 12.1 Å². The molecule has 0 bridgehead atoms. The summed E-state index contributed by atoms with van der Waals surface area (Å²) in [7, 11) is 1.67. The predicted octanol–water partition coefficient (Wildman–Crippen LogP) is 2.88. The molecule has 1 amide bonds. The van der Waals surface area contributed by atoms with E-state index in [1.54, 1.807) is 18.0 Å². The Morgan fingerprint density at radius 2 is 1.85 bits per heavy atom. The summed E-state index contributed by atoms with van der Waals surface area (Å²) in [4.78, 5) is 16.3.